The Kier molecular flexibility index (Phi) is 5.86. The van der Waals surface area contributed by atoms with Gasteiger partial charge in [-0.25, -0.2) is 4.79 Å². The molecule has 0 saturated heterocycles. The number of benzene rings is 1. The van der Waals surface area contributed by atoms with Crippen LogP contribution in [0.5, 0.6) is 5.75 Å². The fourth-order valence-electron chi connectivity index (χ4n) is 2.13. The molecule has 0 aliphatic carbocycles. The van der Waals surface area contributed by atoms with E-state index in [0.29, 0.717) is 11.3 Å². The molecule has 0 bridgehead atoms. The highest BCUT2D eigenvalue weighted by Crippen LogP contribution is 2.17. The second-order valence-corrected chi connectivity index (χ2v) is 5.21. The number of aryl methyl sites for hydroxylation is 1. The zero-order valence-electron chi connectivity index (χ0n) is 13.7. The van der Waals surface area contributed by atoms with Gasteiger partial charge in [0.1, 0.15) is 23.7 Å². The van der Waals surface area contributed by atoms with Crippen LogP contribution in [0.1, 0.15) is 21.7 Å². The van der Waals surface area contributed by atoms with Gasteiger partial charge in [0.25, 0.3) is 0 Å². The van der Waals surface area contributed by atoms with Crippen LogP contribution in [0.2, 0.25) is 0 Å². The molecule has 1 amide bonds. The zero-order valence-corrected chi connectivity index (χ0v) is 13.7. The van der Waals surface area contributed by atoms with Crippen molar-refractivity contribution in [2.75, 3.05) is 19.0 Å². The maximum atomic E-state index is 12.1. The van der Waals surface area contributed by atoms with Crippen molar-refractivity contribution in [3.8, 4) is 5.75 Å². The molecular weight excluding hydrogens is 326 g/mol. The van der Waals surface area contributed by atoms with Gasteiger partial charge in [-0.15, -0.1) is 0 Å². The number of amides is 1. The monoisotopic (exact) mass is 343 g/mol. The lowest BCUT2D eigenvalue weighted by molar-refractivity contribution is -0.119. The minimum atomic E-state index is -0.896. The molecule has 0 radical (unpaired) electrons. The number of hydrogen-bond acceptors (Lipinski definition) is 6. The Morgan fingerprint density at radius 3 is 2.76 bits per heavy atom. The molecule has 0 fully saturated rings. The molecule has 1 heterocycles. The third-order valence-corrected chi connectivity index (χ3v) is 3.17. The summed E-state index contributed by atoms with van der Waals surface area (Å²) >= 11 is 0. The average Bonchev–Trinajstić information content (AvgIpc) is 2.52. The van der Waals surface area contributed by atoms with E-state index in [4.69, 9.17) is 9.15 Å². The first-order valence-electron chi connectivity index (χ1n) is 7.35. The molecule has 0 aliphatic rings. The van der Waals surface area contributed by atoms with Gasteiger partial charge in [-0.1, -0.05) is 18.2 Å². The first-order valence-corrected chi connectivity index (χ1v) is 7.35. The Bertz CT molecular complexity index is 881. The SMILES string of the molecule is COCC(=O)Nc1cccc(/C=C/C(=O)c2c(O)cc(C)oc2=O)c1. The fraction of sp³-hybridized carbons (Fsp3) is 0.167. The van der Waals surface area contributed by atoms with Crippen LogP contribution in [-0.2, 0) is 9.53 Å². The molecule has 0 atom stereocenters. The van der Waals surface area contributed by atoms with Crippen molar-refractivity contribution in [2.45, 2.75) is 6.92 Å². The third-order valence-electron chi connectivity index (χ3n) is 3.17. The number of allylic oxidation sites excluding steroid dienone is 1. The molecule has 0 aliphatic heterocycles. The fourth-order valence-corrected chi connectivity index (χ4v) is 2.13. The van der Waals surface area contributed by atoms with Crippen LogP contribution >= 0.6 is 0 Å². The zero-order chi connectivity index (χ0) is 18.4. The molecule has 2 N–H and O–H groups in total. The van der Waals surface area contributed by atoms with Gasteiger partial charge < -0.3 is 19.6 Å². The maximum Gasteiger partial charge on any atom is 0.351 e. The van der Waals surface area contributed by atoms with Gasteiger partial charge in [0, 0.05) is 18.9 Å². The van der Waals surface area contributed by atoms with Crippen molar-refractivity contribution >= 4 is 23.5 Å². The number of aromatic hydroxyl groups is 1. The Labute approximate surface area is 143 Å². The summed E-state index contributed by atoms with van der Waals surface area (Å²) in [6.45, 7) is 1.43. The molecule has 0 saturated carbocycles. The first-order chi connectivity index (χ1) is 11.9. The van der Waals surface area contributed by atoms with E-state index >= 15 is 0 Å². The van der Waals surface area contributed by atoms with E-state index in [1.54, 1.807) is 24.3 Å². The molecule has 25 heavy (non-hydrogen) atoms. The standard InChI is InChI=1S/C18H17NO6/c1-11-8-15(21)17(18(23)25-11)14(20)7-6-12-4-3-5-13(9-12)19-16(22)10-24-2/h3-9,21H,10H2,1-2H3,(H,19,22)/b7-6+. The predicted octanol–water partition coefficient (Wildman–Crippen LogP) is 2.13. The van der Waals surface area contributed by atoms with Gasteiger partial charge in [0.15, 0.2) is 5.78 Å². The molecule has 130 valence electrons. The Hall–Kier alpha value is -3.19. The van der Waals surface area contributed by atoms with Gasteiger partial charge in [-0.05, 0) is 30.7 Å². The summed E-state index contributed by atoms with van der Waals surface area (Å²) in [5.74, 6) is -1.20. The number of ketones is 1. The highest BCUT2D eigenvalue weighted by Gasteiger charge is 2.15. The van der Waals surface area contributed by atoms with Gasteiger partial charge in [-0.3, -0.25) is 9.59 Å². The van der Waals surface area contributed by atoms with E-state index in [0.717, 1.165) is 6.08 Å². The normalized spacial score (nSPS) is 10.8. The number of rotatable bonds is 6. The highest BCUT2D eigenvalue weighted by molar-refractivity contribution is 6.08. The Balaban J connectivity index is 2.18. The second-order valence-electron chi connectivity index (χ2n) is 5.21. The van der Waals surface area contributed by atoms with Crippen LogP contribution in [0, 0.1) is 6.92 Å². The predicted molar refractivity (Wildman–Crippen MR) is 91.7 cm³/mol. The first kappa shape index (κ1) is 18.2. The molecule has 2 aromatic rings. The molecule has 2 rings (SSSR count). The van der Waals surface area contributed by atoms with Crippen molar-refractivity contribution in [1.29, 1.82) is 0 Å². The molecule has 7 nitrogen and oxygen atoms in total. The Morgan fingerprint density at radius 2 is 2.08 bits per heavy atom. The summed E-state index contributed by atoms with van der Waals surface area (Å²) in [5.41, 5.74) is -0.159. The number of carbonyl (C=O) groups excluding carboxylic acids is 2. The molecule has 1 aromatic heterocycles. The molecule has 0 spiro atoms. The molecule has 0 unspecified atom stereocenters. The summed E-state index contributed by atoms with van der Waals surface area (Å²) < 4.78 is 9.55. The van der Waals surface area contributed by atoms with Crippen molar-refractivity contribution < 1.29 is 23.8 Å². The number of methoxy groups -OCH3 is 1. The van der Waals surface area contributed by atoms with Crippen LogP contribution < -0.4 is 10.9 Å². The van der Waals surface area contributed by atoms with Crippen LogP contribution in [0.15, 0.2) is 45.6 Å². The minimum absolute atomic E-state index is 0.0684. The van der Waals surface area contributed by atoms with Crippen molar-refractivity contribution in [1.82, 2.24) is 0 Å². The second kappa shape index (κ2) is 8.07. The quantitative estimate of drug-likeness (QED) is 0.615. The summed E-state index contributed by atoms with van der Waals surface area (Å²) in [4.78, 5) is 35.3. The number of anilines is 1. The number of carbonyl (C=O) groups is 2. The lowest BCUT2D eigenvalue weighted by Gasteiger charge is -2.05. The topological polar surface area (TPSA) is 106 Å². The highest BCUT2D eigenvalue weighted by atomic mass is 16.5. The lowest BCUT2D eigenvalue weighted by atomic mass is 10.1. The van der Waals surface area contributed by atoms with Crippen molar-refractivity contribution in [2.24, 2.45) is 0 Å². The number of nitrogens with one attached hydrogen (secondary N) is 1. The van der Waals surface area contributed by atoms with Crippen LogP contribution in [0.4, 0.5) is 5.69 Å². The van der Waals surface area contributed by atoms with Crippen LogP contribution in [-0.4, -0.2) is 30.5 Å². The summed E-state index contributed by atoms with van der Waals surface area (Å²) in [6.07, 6.45) is 2.62. The maximum absolute atomic E-state index is 12.1. The van der Waals surface area contributed by atoms with Gasteiger partial charge in [-0.2, -0.15) is 0 Å². The van der Waals surface area contributed by atoms with E-state index in [9.17, 15) is 19.5 Å². The summed E-state index contributed by atoms with van der Waals surface area (Å²) in [7, 11) is 1.42. The van der Waals surface area contributed by atoms with E-state index < -0.39 is 22.7 Å². The lowest BCUT2D eigenvalue weighted by Crippen LogP contribution is -2.17. The van der Waals surface area contributed by atoms with Gasteiger partial charge >= 0.3 is 5.63 Å². The minimum Gasteiger partial charge on any atom is -0.507 e. The molecule has 1 aromatic carbocycles. The van der Waals surface area contributed by atoms with Gasteiger partial charge in [0.2, 0.25) is 5.91 Å². The molecule has 7 heteroatoms. The van der Waals surface area contributed by atoms with E-state index in [-0.39, 0.29) is 18.3 Å². The van der Waals surface area contributed by atoms with E-state index in [1.165, 1.54) is 26.2 Å². The third kappa shape index (κ3) is 4.89. The summed E-state index contributed by atoms with van der Waals surface area (Å²) in [5, 5.41) is 12.4. The largest absolute Gasteiger partial charge is 0.507 e. The summed E-state index contributed by atoms with van der Waals surface area (Å²) in [6, 6.07) is 7.95. The Morgan fingerprint density at radius 1 is 1.32 bits per heavy atom. The molecular formula is C18H17NO6. The van der Waals surface area contributed by atoms with Crippen LogP contribution in [0.3, 0.4) is 0 Å². The number of ether oxygens (including phenoxy) is 1. The van der Waals surface area contributed by atoms with Crippen LogP contribution in [0.25, 0.3) is 6.08 Å². The van der Waals surface area contributed by atoms with Gasteiger partial charge in [0.05, 0.1) is 0 Å². The average molecular weight is 343 g/mol. The van der Waals surface area contributed by atoms with Crippen molar-refractivity contribution in [3.63, 3.8) is 0 Å². The number of hydrogen-bond donors (Lipinski definition) is 2. The van der Waals surface area contributed by atoms with Crippen molar-refractivity contribution in [3.05, 3.63) is 63.7 Å². The van der Waals surface area contributed by atoms with E-state index in [2.05, 4.69) is 5.32 Å². The smallest absolute Gasteiger partial charge is 0.351 e. The van der Waals surface area contributed by atoms with E-state index in [1.807, 2.05) is 0 Å².